The Balaban J connectivity index is 3.27. The number of carbonyl (C=O) groups excluding carboxylic acids is 1. The van der Waals surface area contributed by atoms with Crippen molar-refractivity contribution in [1.29, 1.82) is 0 Å². The van der Waals surface area contributed by atoms with Gasteiger partial charge in [-0.15, -0.1) is 0 Å². The normalized spacial score (nSPS) is 11.8. The lowest BCUT2D eigenvalue weighted by Gasteiger charge is -2.36. The van der Waals surface area contributed by atoms with Gasteiger partial charge in [-0.25, -0.2) is 9.86 Å². The second-order valence-electron chi connectivity index (χ2n) is 6.99. The summed E-state index contributed by atoms with van der Waals surface area (Å²) in [6, 6.07) is 4.73. The first-order chi connectivity index (χ1) is 10.9. The van der Waals surface area contributed by atoms with Gasteiger partial charge in [-0.1, -0.05) is 20.8 Å². The second-order valence-corrected chi connectivity index (χ2v) is 11.7. The molecule has 0 aromatic heterocycles. The highest BCUT2D eigenvalue weighted by Crippen LogP contribution is 2.38. The van der Waals surface area contributed by atoms with E-state index in [0.29, 0.717) is 5.75 Å². The number of hydrogen-bond donors (Lipinski definition) is 2. The van der Waals surface area contributed by atoms with Crippen molar-refractivity contribution in [2.45, 2.75) is 38.9 Å². The summed E-state index contributed by atoms with van der Waals surface area (Å²) in [5, 5.41) is 12.2. The molecule has 0 heterocycles. The van der Waals surface area contributed by atoms with Crippen molar-refractivity contribution in [3.05, 3.63) is 23.8 Å². The summed E-state index contributed by atoms with van der Waals surface area (Å²) in [6.45, 7) is 10.5. The zero-order valence-corrected chi connectivity index (χ0v) is 16.3. The first-order valence-corrected chi connectivity index (χ1v) is 10.4. The largest absolute Gasteiger partial charge is 0.543 e. The highest BCUT2D eigenvalue weighted by molar-refractivity contribution is 6.74. The minimum absolute atomic E-state index is 0.00151. The van der Waals surface area contributed by atoms with Crippen molar-refractivity contribution in [3.8, 4) is 5.75 Å². The molecule has 1 aromatic carbocycles. The van der Waals surface area contributed by atoms with Gasteiger partial charge in [0.15, 0.2) is 0 Å². The van der Waals surface area contributed by atoms with E-state index in [1.54, 1.807) is 12.1 Å². The fraction of sp³-hybridized carbons (Fsp3) is 0.500. The minimum Gasteiger partial charge on any atom is -0.543 e. The predicted octanol–water partition coefficient (Wildman–Crippen LogP) is 3.79. The quantitative estimate of drug-likeness (QED) is 0.620. The molecule has 0 saturated carbocycles. The lowest BCUT2D eigenvalue weighted by molar-refractivity contribution is -0.0756. The van der Waals surface area contributed by atoms with Crippen molar-refractivity contribution >= 4 is 26.0 Å². The fourth-order valence-electron chi connectivity index (χ4n) is 1.69. The van der Waals surface area contributed by atoms with Crippen molar-refractivity contribution in [2.24, 2.45) is 0 Å². The number of rotatable bonds is 5. The van der Waals surface area contributed by atoms with Gasteiger partial charge in [0.05, 0.1) is 18.4 Å². The Bertz CT molecular complexity index is 625. The Morgan fingerprint density at radius 1 is 1.25 bits per heavy atom. The van der Waals surface area contributed by atoms with Crippen LogP contribution in [-0.2, 0) is 4.84 Å². The zero-order valence-electron chi connectivity index (χ0n) is 15.3. The molecule has 0 aliphatic carbocycles. The molecule has 0 spiro atoms. The number of carboxylic acid groups (broad SMARTS) is 1. The fourth-order valence-corrected chi connectivity index (χ4v) is 2.71. The number of carbonyl (C=O) groups is 2. The summed E-state index contributed by atoms with van der Waals surface area (Å²) in [5.74, 6) is 0.0623. The van der Waals surface area contributed by atoms with Crippen LogP contribution < -0.4 is 9.74 Å². The Morgan fingerprint density at radius 2 is 1.83 bits per heavy atom. The third-order valence-corrected chi connectivity index (χ3v) is 8.56. The molecule has 0 atom stereocenters. The van der Waals surface area contributed by atoms with E-state index >= 15 is 0 Å². The van der Waals surface area contributed by atoms with Crippen LogP contribution in [0.4, 0.5) is 10.5 Å². The first kappa shape index (κ1) is 20.0. The van der Waals surface area contributed by atoms with E-state index in [9.17, 15) is 9.59 Å². The summed E-state index contributed by atoms with van der Waals surface area (Å²) in [6.07, 6.45) is -1.25. The van der Waals surface area contributed by atoms with Gasteiger partial charge in [-0.05, 0) is 36.3 Å². The van der Waals surface area contributed by atoms with Crippen molar-refractivity contribution < 1.29 is 24.0 Å². The molecule has 2 amide bonds. The van der Waals surface area contributed by atoms with Gasteiger partial charge >= 0.3 is 6.09 Å². The highest BCUT2D eigenvalue weighted by Gasteiger charge is 2.39. The van der Waals surface area contributed by atoms with Gasteiger partial charge < -0.3 is 9.53 Å². The molecule has 0 aliphatic heterocycles. The SMILES string of the molecule is CON(C)C(=O)c1cc(O[Si](C)(C)C(C)(C)C)ccc1NC(=O)O. The van der Waals surface area contributed by atoms with Crippen molar-refractivity contribution in [3.63, 3.8) is 0 Å². The Labute approximate surface area is 143 Å². The Morgan fingerprint density at radius 3 is 2.29 bits per heavy atom. The second kappa shape index (κ2) is 7.23. The Hall–Kier alpha value is -2.06. The number of amides is 2. The smallest absolute Gasteiger partial charge is 0.409 e. The predicted molar refractivity (Wildman–Crippen MR) is 95.0 cm³/mol. The average Bonchev–Trinajstić information content (AvgIpc) is 2.45. The van der Waals surface area contributed by atoms with E-state index in [1.807, 2.05) is 0 Å². The maximum absolute atomic E-state index is 12.4. The van der Waals surface area contributed by atoms with Gasteiger partial charge in [-0.3, -0.25) is 14.9 Å². The number of benzene rings is 1. The van der Waals surface area contributed by atoms with E-state index in [1.165, 1.54) is 20.2 Å². The molecule has 0 unspecified atom stereocenters. The van der Waals surface area contributed by atoms with Gasteiger partial charge in [0, 0.05) is 7.05 Å². The maximum atomic E-state index is 12.4. The number of hydrogen-bond acceptors (Lipinski definition) is 4. The lowest BCUT2D eigenvalue weighted by atomic mass is 10.1. The molecule has 0 fully saturated rings. The standard InChI is InChI=1S/C16H26N2O5Si/c1-16(2,3)24(6,7)23-11-8-9-13(17-15(20)21)12(10-11)14(19)18(4)22-5/h8-10,17H,1-7H3,(H,20,21). The van der Waals surface area contributed by atoms with Crippen LogP contribution in [0.5, 0.6) is 5.75 Å². The summed E-state index contributed by atoms with van der Waals surface area (Å²) in [4.78, 5) is 28.3. The van der Waals surface area contributed by atoms with Crippen LogP contribution in [0.1, 0.15) is 31.1 Å². The first-order valence-electron chi connectivity index (χ1n) is 7.54. The molecule has 24 heavy (non-hydrogen) atoms. The van der Waals surface area contributed by atoms with Gasteiger partial charge in [0.1, 0.15) is 5.75 Å². The van der Waals surface area contributed by atoms with E-state index < -0.39 is 20.3 Å². The third-order valence-electron chi connectivity index (χ3n) is 4.20. The van der Waals surface area contributed by atoms with E-state index in [0.717, 1.165) is 5.06 Å². The molecule has 0 radical (unpaired) electrons. The molecule has 2 N–H and O–H groups in total. The molecule has 8 heteroatoms. The Kier molecular flexibility index (Phi) is 6.02. The summed E-state index contributed by atoms with van der Waals surface area (Å²) in [7, 11) is 0.731. The molecule has 7 nitrogen and oxygen atoms in total. The topological polar surface area (TPSA) is 88.1 Å². The monoisotopic (exact) mass is 354 g/mol. The summed E-state index contributed by atoms with van der Waals surface area (Å²) in [5.41, 5.74) is 0.344. The van der Waals surface area contributed by atoms with Crippen LogP contribution >= 0.6 is 0 Å². The highest BCUT2D eigenvalue weighted by atomic mass is 28.4. The summed E-state index contributed by atoms with van der Waals surface area (Å²) >= 11 is 0. The van der Waals surface area contributed by atoms with Crippen LogP contribution in [0, 0.1) is 0 Å². The van der Waals surface area contributed by atoms with E-state index in [2.05, 4.69) is 39.2 Å². The minimum atomic E-state index is -2.08. The lowest BCUT2D eigenvalue weighted by Crippen LogP contribution is -2.43. The van der Waals surface area contributed by atoms with E-state index in [-0.39, 0.29) is 16.3 Å². The number of anilines is 1. The molecular formula is C16H26N2O5Si. The summed E-state index contributed by atoms with van der Waals surface area (Å²) < 4.78 is 6.18. The number of nitrogens with one attached hydrogen (secondary N) is 1. The molecule has 134 valence electrons. The average molecular weight is 354 g/mol. The van der Waals surface area contributed by atoms with Crippen LogP contribution in [0.15, 0.2) is 18.2 Å². The maximum Gasteiger partial charge on any atom is 0.409 e. The van der Waals surface area contributed by atoms with Crippen LogP contribution in [0.2, 0.25) is 18.1 Å². The van der Waals surface area contributed by atoms with E-state index in [4.69, 9.17) is 14.4 Å². The van der Waals surface area contributed by atoms with Crippen LogP contribution in [-0.4, -0.2) is 44.6 Å². The van der Waals surface area contributed by atoms with Crippen molar-refractivity contribution in [2.75, 3.05) is 19.5 Å². The molecule has 0 aliphatic rings. The molecule has 1 aromatic rings. The molecule has 0 saturated heterocycles. The van der Waals surface area contributed by atoms with Gasteiger partial charge in [0.2, 0.25) is 8.32 Å². The van der Waals surface area contributed by atoms with Crippen LogP contribution in [0.25, 0.3) is 0 Å². The van der Waals surface area contributed by atoms with Crippen LogP contribution in [0.3, 0.4) is 0 Å². The zero-order chi connectivity index (χ0) is 18.7. The van der Waals surface area contributed by atoms with Crippen molar-refractivity contribution in [1.82, 2.24) is 5.06 Å². The number of nitrogens with zero attached hydrogens (tertiary/aromatic N) is 1. The van der Waals surface area contributed by atoms with Gasteiger partial charge in [-0.2, -0.15) is 0 Å². The number of hydroxylamine groups is 2. The van der Waals surface area contributed by atoms with Gasteiger partial charge in [0.25, 0.3) is 5.91 Å². The third kappa shape index (κ3) is 4.72. The molecule has 0 bridgehead atoms. The molecular weight excluding hydrogens is 328 g/mol. The molecule has 1 rings (SSSR count).